The van der Waals surface area contributed by atoms with E-state index in [9.17, 15) is 5.11 Å². The van der Waals surface area contributed by atoms with Gasteiger partial charge in [-0.25, -0.2) is 4.99 Å². The van der Waals surface area contributed by atoms with Crippen molar-refractivity contribution in [3.63, 3.8) is 0 Å². The third kappa shape index (κ3) is 6.11. The molecule has 8 heteroatoms. The molecule has 2 unspecified atom stereocenters. The van der Waals surface area contributed by atoms with Crippen LogP contribution in [0.2, 0.25) is 0 Å². The summed E-state index contributed by atoms with van der Waals surface area (Å²) >= 11 is 0. The molecule has 2 fully saturated rings. The minimum atomic E-state index is -0.699. The number of nitrogens with zero attached hydrogens (tertiary/aromatic N) is 3. The van der Waals surface area contributed by atoms with Crippen molar-refractivity contribution in [2.24, 2.45) is 10.9 Å². The molecule has 0 saturated carbocycles. The average molecular weight is 478 g/mol. The summed E-state index contributed by atoms with van der Waals surface area (Å²) in [5.41, 5.74) is 0. The van der Waals surface area contributed by atoms with Crippen molar-refractivity contribution in [3.8, 4) is 0 Å². The van der Waals surface area contributed by atoms with E-state index in [1.54, 1.807) is 18.4 Å². The van der Waals surface area contributed by atoms with Crippen LogP contribution >= 0.6 is 24.0 Å². The highest BCUT2D eigenvalue weighted by Crippen LogP contribution is 2.19. The van der Waals surface area contributed by atoms with Gasteiger partial charge in [-0.2, -0.15) is 0 Å². The molecule has 1 aromatic heterocycles. The van der Waals surface area contributed by atoms with Crippen molar-refractivity contribution in [3.05, 3.63) is 24.2 Å². The fraction of sp³-hybridized carbons (Fsp3) is 0.722. The first-order chi connectivity index (χ1) is 12.3. The molecule has 3 rings (SSSR count). The number of hydrogen-bond donors (Lipinski definition) is 2. The first kappa shape index (κ1) is 21.5. The van der Waals surface area contributed by atoms with E-state index in [-0.39, 0.29) is 24.0 Å². The number of aliphatic hydroxyl groups excluding tert-OH is 1. The highest BCUT2D eigenvalue weighted by atomic mass is 127. The number of guanidine groups is 1. The minimum Gasteiger partial charge on any atom is -0.467 e. The largest absolute Gasteiger partial charge is 0.467 e. The smallest absolute Gasteiger partial charge is 0.194 e. The van der Waals surface area contributed by atoms with Gasteiger partial charge in [-0.15, -0.1) is 24.0 Å². The van der Waals surface area contributed by atoms with E-state index in [4.69, 9.17) is 9.15 Å². The summed E-state index contributed by atoms with van der Waals surface area (Å²) < 4.78 is 10.7. The number of morpholine rings is 1. The molecule has 2 N–H and O–H groups in total. The number of rotatable bonds is 6. The first-order valence-electron chi connectivity index (χ1n) is 9.31. The Kier molecular flexibility index (Phi) is 9.17. The number of aliphatic hydroxyl groups is 1. The maximum atomic E-state index is 10.2. The Balaban J connectivity index is 0.00000243. The first-order valence-corrected chi connectivity index (χ1v) is 9.31. The fourth-order valence-electron chi connectivity index (χ4n) is 3.49. The van der Waals surface area contributed by atoms with Crippen LogP contribution in [0, 0.1) is 5.92 Å². The molecule has 2 saturated heterocycles. The van der Waals surface area contributed by atoms with Gasteiger partial charge in [0.2, 0.25) is 0 Å². The van der Waals surface area contributed by atoms with Gasteiger partial charge in [0.1, 0.15) is 11.9 Å². The Morgan fingerprint density at radius 3 is 2.88 bits per heavy atom. The summed E-state index contributed by atoms with van der Waals surface area (Å²) in [6, 6.07) is 3.56. The van der Waals surface area contributed by atoms with E-state index in [0.717, 1.165) is 58.4 Å². The Labute approximate surface area is 172 Å². The van der Waals surface area contributed by atoms with E-state index >= 15 is 0 Å². The van der Waals surface area contributed by atoms with Gasteiger partial charge in [0.25, 0.3) is 0 Å². The summed E-state index contributed by atoms with van der Waals surface area (Å²) in [6.07, 6.45) is 2.06. The summed E-state index contributed by atoms with van der Waals surface area (Å²) in [7, 11) is 0. The second-order valence-electron chi connectivity index (χ2n) is 6.74. The van der Waals surface area contributed by atoms with Gasteiger partial charge in [0.05, 0.1) is 26.0 Å². The molecular weight excluding hydrogens is 447 g/mol. The monoisotopic (exact) mass is 478 g/mol. The van der Waals surface area contributed by atoms with Crippen LogP contribution in [0.4, 0.5) is 0 Å². The molecule has 0 aromatic carbocycles. The molecule has 0 amide bonds. The predicted octanol–water partition coefficient (Wildman–Crippen LogP) is 1.55. The minimum absolute atomic E-state index is 0. The number of aliphatic imine (C=N–C) groups is 1. The number of hydrogen-bond acceptors (Lipinski definition) is 5. The van der Waals surface area contributed by atoms with Crippen LogP contribution in [0.1, 0.15) is 25.2 Å². The number of furan rings is 1. The Morgan fingerprint density at radius 1 is 1.38 bits per heavy atom. The quantitative estimate of drug-likeness (QED) is 0.368. The van der Waals surface area contributed by atoms with Crippen molar-refractivity contribution in [2.75, 3.05) is 59.0 Å². The summed E-state index contributed by atoms with van der Waals surface area (Å²) in [4.78, 5) is 9.43. The van der Waals surface area contributed by atoms with E-state index in [2.05, 4.69) is 27.0 Å². The van der Waals surface area contributed by atoms with Crippen LogP contribution in [0.3, 0.4) is 0 Å². The Bertz CT molecular complexity index is 535. The van der Waals surface area contributed by atoms with E-state index in [1.165, 1.54) is 6.42 Å². The molecule has 2 aliphatic rings. The fourth-order valence-corrected chi connectivity index (χ4v) is 3.49. The van der Waals surface area contributed by atoms with Crippen LogP contribution < -0.4 is 5.32 Å². The zero-order valence-electron chi connectivity index (χ0n) is 15.5. The second kappa shape index (κ2) is 11.1. The lowest BCUT2D eigenvalue weighted by Gasteiger charge is -2.29. The molecule has 0 spiro atoms. The standard InChI is InChI=1S/C18H30N4O3.HI/c1-2-19-18(20-12-16(23)17-4-3-9-25-17)22-6-5-15(14-22)13-21-7-10-24-11-8-21;/h3-4,9,15-16,23H,2,5-8,10-14H2,1H3,(H,19,20);1H. The van der Waals surface area contributed by atoms with E-state index < -0.39 is 6.10 Å². The van der Waals surface area contributed by atoms with Crippen molar-refractivity contribution in [2.45, 2.75) is 19.4 Å². The van der Waals surface area contributed by atoms with Gasteiger partial charge in [0.15, 0.2) is 5.96 Å². The van der Waals surface area contributed by atoms with Crippen LogP contribution in [-0.2, 0) is 4.74 Å². The average Bonchev–Trinajstić information content (AvgIpc) is 3.31. The molecule has 148 valence electrons. The molecule has 1 aromatic rings. The zero-order valence-corrected chi connectivity index (χ0v) is 17.8. The highest BCUT2D eigenvalue weighted by Gasteiger charge is 2.27. The van der Waals surface area contributed by atoms with Gasteiger partial charge >= 0.3 is 0 Å². The lowest BCUT2D eigenvalue weighted by Crippen LogP contribution is -2.42. The number of likely N-dealkylation sites (tertiary alicyclic amines) is 1. The maximum Gasteiger partial charge on any atom is 0.194 e. The summed E-state index contributed by atoms with van der Waals surface area (Å²) in [5, 5.41) is 13.5. The molecule has 3 heterocycles. The third-order valence-electron chi connectivity index (χ3n) is 4.83. The molecular formula is C18H31IN4O3. The topological polar surface area (TPSA) is 73.5 Å². The number of nitrogens with one attached hydrogen (secondary N) is 1. The lowest BCUT2D eigenvalue weighted by molar-refractivity contribution is 0.0315. The van der Waals surface area contributed by atoms with Crippen molar-refractivity contribution >= 4 is 29.9 Å². The lowest BCUT2D eigenvalue weighted by atomic mass is 10.1. The molecule has 0 bridgehead atoms. The Morgan fingerprint density at radius 2 is 2.19 bits per heavy atom. The highest BCUT2D eigenvalue weighted by molar-refractivity contribution is 14.0. The zero-order chi connectivity index (χ0) is 17.5. The van der Waals surface area contributed by atoms with Gasteiger partial charge in [-0.1, -0.05) is 0 Å². The molecule has 0 radical (unpaired) electrons. The third-order valence-corrected chi connectivity index (χ3v) is 4.83. The molecule has 0 aliphatic carbocycles. The molecule has 2 aliphatic heterocycles. The normalized spacial score (nSPS) is 22.9. The maximum absolute atomic E-state index is 10.2. The van der Waals surface area contributed by atoms with Crippen LogP contribution in [0.25, 0.3) is 0 Å². The molecule has 7 nitrogen and oxygen atoms in total. The molecule has 2 atom stereocenters. The van der Waals surface area contributed by atoms with Gasteiger partial charge in [0, 0.05) is 39.3 Å². The SMILES string of the molecule is CCNC(=NCC(O)c1ccco1)N1CCC(CN2CCOCC2)C1.I. The van der Waals surface area contributed by atoms with Gasteiger partial charge < -0.3 is 24.5 Å². The van der Waals surface area contributed by atoms with Gasteiger partial charge in [-0.3, -0.25) is 4.90 Å². The predicted molar refractivity (Wildman–Crippen MR) is 112 cm³/mol. The van der Waals surface area contributed by atoms with Crippen LogP contribution in [-0.4, -0.2) is 79.9 Å². The van der Waals surface area contributed by atoms with Crippen molar-refractivity contribution < 1.29 is 14.3 Å². The van der Waals surface area contributed by atoms with E-state index in [0.29, 0.717) is 18.2 Å². The summed E-state index contributed by atoms with van der Waals surface area (Å²) in [5.74, 6) is 2.11. The van der Waals surface area contributed by atoms with Crippen LogP contribution in [0.15, 0.2) is 27.8 Å². The number of ether oxygens (including phenoxy) is 1. The van der Waals surface area contributed by atoms with Crippen molar-refractivity contribution in [1.82, 2.24) is 15.1 Å². The van der Waals surface area contributed by atoms with E-state index in [1.807, 2.05) is 0 Å². The van der Waals surface area contributed by atoms with Gasteiger partial charge in [-0.05, 0) is 31.4 Å². The van der Waals surface area contributed by atoms with Crippen molar-refractivity contribution in [1.29, 1.82) is 0 Å². The summed E-state index contributed by atoms with van der Waals surface area (Å²) in [6.45, 7) is 10.1. The van der Waals surface area contributed by atoms with Crippen LogP contribution in [0.5, 0.6) is 0 Å². The molecule has 26 heavy (non-hydrogen) atoms. The second-order valence-corrected chi connectivity index (χ2v) is 6.74. The Hall–Kier alpha value is -0.840. The number of halogens is 1.